The molecule has 0 fully saturated rings. The number of phenolic OH excluding ortho intramolecular Hbond substituents is 1. The Morgan fingerprint density at radius 1 is 0.303 bits per heavy atom. The Bertz CT molecular complexity index is 5490. The number of thiol groups is 1. The number of nitrogens with zero attached hydrogens (tertiary/aromatic N) is 2. The molecule has 0 atom stereocenters. The Morgan fingerprint density at radius 2 is 0.516 bits per heavy atom. The maximum absolute atomic E-state index is 12.3. The van der Waals surface area contributed by atoms with Crippen LogP contribution in [0.25, 0.3) is 22.3 Å². The van der Waals surface area contributed by atoms with Gasteiger partial charge in [0.15, 0.2) is 0 Å². The van der Waals surface area contributed by atoms with E-state index in [1.807, 2.05) is 99.8 Å². The zero-order valence-corrected chi connectivity index (χ0v) is 77.8. The van der Waals surface area contributed by atoms with Gasteiger partial charge < -0.3 is 19.3 Å². The van der Waals surface area contributed by atoms with E-state index in [0.29, 0.717) is 31.6 Å². The van der Waals surface area contributed by atoms with Gasteiger partial charge in [0.05, 0.1) is 52.0 Å². The zero-order valence-electron chi connectivity index (χ0n) is 72.9. The highest BCUT2D eigenvalue weighted by atomic mass is 32.2. The Morgan fingerprint density at radius 3 is 0.787 bits per heavy atom. The van der Waals surface area contributed by atoms with Crippen LogP contribution in [0.15, 0.2) is 367 Å². The van der Waals surface area contributed by atoms with E-state index in [1.54, 1.807) is 148 Å². The van der Waals surface area contributed by atoms with Gasteiger partial charge >= 0.3 is 0 Å². The topological polar surface area (TPSA) is 164 Å². The van der Waals surface area contributed by atoms with Crippen molar-refractivity contribution in [2.75, 3.05) is 40.1 Å². The van der Waals surface area contributed by atoms with Crippen LogP contribution in [0.1, 0.15) is 106 Å². The fraction of sp³-hybridized carbons (Fsp3) is 0.189. The molecule has 0 saturated carbocycles. The molecule has 14 aromatic carbocycles. The summed E-state index contributed by atoms with van der Waals surface area (Å²) < 4.78 is 64.6. The molecule has 0 unspecified atom stereocenters. The fourth-order valence-corrected chi connectivity index (χ4v) is 16.2. The molecule has 14 rings (SSSR count). The summed E-state index contributed by atoms with van der Waals surface area (Å²) in [6.07, 6.45) is 6.17. The minimum Gasteiger partial charge on any atom is -0.507 e. The van der Waals surface area contributed by atoms with E-state index in [0.717, 1.165) is 43.5 Å². The van der Waals surface area contributed by atoms with Gasteiger partial charge in [-0.2, -0.15) is 10.5 Å². The second kappa shape index (κ2) is 47.7. The quantitative estimate of drug-likeness (QED) is 0.0694. The Labute approximate surface area is 744 Å². The van der Waals surface area contributed by atoms with Crippen LogP contribution >= 0.6 is 47.9 Å². The molecule has 0 aliphatic carbocycles. The van der Waals surface area contributed by atoms with Crippen LogP contribution in [0, 0.1) is 78.1 Å². The molecule has 16 heteroatoms. The van der Waals surface area contributed by atoms with E-state index < -0.39 is 19.7 Å². The van der Waals surface area contributed by atoms with Crippen LogP contribution < -0.4 is 14.2 Å². The number of aryl methyl sites for hydroxylation is 8. The van der Waals surface area contributed by atoms with Crippen LogP contribution in [0.2, 0.25) is 0 Å². The van der Waals surface area contributed by atoms with E-state index in [2.05, 4.69) is 256 Å². The summed E-state index contributed by atoms with van der Waals surface area (Å²) in [4.78, 5) is 5.68. The van der Waals surface area contributed by atoms with Gasteiger partial charge in [-0.15, -0.1) is 47.9 Å². The summed E-state index contributed by atoms with van der Waals surface area (Å²) in [5.41, 5.74) is 20.6. The lowest BCUT2D eigenvalue weighted by molar-refractivity contribution is 0.414. The maximum atomic E-state index is 12.3. The van der Waals surface area contributed by atoms with Gasteiger partial charge in [-0.05, 0) is 263 Å². The monoisotopic (exact) mass is 1730 g/mol. The summed E-state index contributed by atoms with van der Waals surface area (Å²) in [5, 5.41) is 26.2. The van der Waals surface area contributed by atoms with E-state index in [1.165, 1.54) is 82.6 Å². The molecule has 1 N–H and O–H groups in total. The first-order chi connectivity index (χ1) is 58.2. The highest BCUT2D eigenvalue weighted by Crippen LogP contribution is 2.36. The summed E-state index contributed by atoms with van der Waals surface area (Å²) in [7, 11) is -1.91. The van der Waals surface area contributed by atoms with Gasteiger partial charge in [0, 0.05) is 30.4 Å². The van der Waals surface area contributed by atoms with E-state index in [9.17, 15) is 16.8 Å². The molecule has 0 radical (unpaired) electrons. The molecule has 0 saturated heterocycles. The number of phenols is 1. The summed E-state index contributed by atoms with van der Waals surface area (Å²) in [5.74, 6) is 2.49. The Kier molecular flexibility index (Phi) is 38.2. The van der Waals surface area contributed by atoms with Crippen molar-refractivity contribution in [3.05, 3.63) is 405 Å². The summed E-state index contributed by atoms with van der Waals surface area (Å²) in [6.45, 7) is 25.1. The third kappa shape index (κ3) is 28.9. The minimum atomic E-state index is -3.44. The number of ether oxygens (including phenoxy) is 3. The predicted octanol–water partition coefficient (Wildman–Crippen LogP) is 27.5. The van der Waals surface area contributed by atoms with E-state index >= 15 is 0 Å². The molecule has 0 aliphatic heterocycles. The second-order valence-electron chi connectivity index (χ2n) is 29.8. The number of benzene rings is 14. The van der Waals surface area contributed by atoms with Crippen LogP contribution in [0.5, 0.6) is 23.0 Å². The van der Waals surface area contributed by atoms with Crippen molar-refractivity contribution in [3.8, 4) is 57.4 Å². The van der Waals surface area contributed by atoms with Crippen molar-refractivity contribution in [2.24, 2.45) is 0 Å². The third-order valence-electron chi connectivity index (χ3n) is 20.2. The highest BCUT2D eigenvalue weighted by Gasteiger charge is 2.25. The molecule has 628 valence electrons. The summed E-state index contributed by atoms with van der Waals surface area (Å²) in [6, 6.07) is 110. The molecule has 0 spiro atoms. The lowest BCUT2D eigenvalue weighted by atomic mass is 9.78. The van der Waals surface area contributed by atoms with Crippen molar-refractivity contribution in [1.29, 1.82) is 10.5 Å². The first-order valence-corrected chi connectivity index (χ1v) is 46.5. The van der Waals surface area contributed by atoms with Crippen LogP contribution in [0.3, 0.4) is 0 Å². The maximum Gasteiger partial charge on any atom is 0.206 e. The number of nitriles is 2. The molecule has 14 aromatic rings. The standard InChI is InChI=1S/C17H20O.C17H20S.C14H14O3S.C14H14O2S2.C14H14O.C14H14S.C8H7NO.C8H7NS/c2*1-13-5-7-14(8-6-13)17(2,3)15-9-11-16(18-4)12-10-15;2*1-11-3-7-13(8-4-11)18(15,16)14-9-5-12(17-2)6-10-14;2*1-11-3-5-12(6-4-11)13-7-9-14(15-2)10-8-13;2*1-6-3-2-4-8(10)7(6)5-9/h2*5-12H,1-4H3;2*3-10H,1-2H3;2*3-10H,1-2H3;2*2-4,10H,1H3. The van der Waals surface area contributed by atoms with E-state index in [-0.39, 0.29) is 21.5 Å². The van der Waals surface area contributed by atoms with Gasteiger partial charge in [0.25, 0.3) is 0 Å². The molecular formula is C106H110N2O8S6. The molecule has 0 aromatic heterocycles. The number of thioether (sulfide) groups is 3. The van der Waals surface area contributed by atoms with Gasteiger partial charge in [-0.1, -0.05) is 255 Å². The lowest BCUT2D eigenvalue weighted by Gasteiger charge is -2.26. The molecule has 0 bridgehead atoms. The first-order valence-electron chi connectivity index (χ1n) is 39.4. The normalized spacial score (nSPS) is 10.7. The second-order valence-corrected chi connectivity index (χ2v) is 36.8. The Balaban J connectivity index is 0.000000193. The largest absolute Gasteiger partial charge is 0.507 e. The zero-order chi connectivity index (χ0) is 89.2. The van der Waals surface area contributed by atoms with Crippen molar-refractivity contribution in [3.63, 3.8) is 0 Å². The number of methoxy groups -OCH3 is 3. The van der Waals surface area contributed by atoms with E-state index in [4.69, 9.17) is 29.8 Å². The van der Waals surface area contributed by atoms with Crippen molar-refractivity contribution in [2.45, 2.75) is 133 Å². The van der Waals surface area contributed by atoms with Crippen molar-refractivity contribution in [1.82, 2.24) is 0 Å². The predicted molar refractivity (Wildman–Crippen MR) is 515 cm³/mol. The molecule has 0 heterocycles. The SMILES string of the molecule is COc1ccc(-c2ccc(C)cc2)cc1.COc1ccc(C(C)(C)c2ccc(C)cc2)cc1.COc1ccc(S(=O)(=O)c2ccc(C)cc2)cc1.CSc1ccc(-c2ccc(C)cc2)cc1.CSc1ccc(C(C)(C)c2ccc(C)cc2)cc1.CSc1ccc(S(=O)(=O)c2ccc(C)cc2)cc1.Cc1cccc(O)c1C#N.Cc1cccc(S)c1C#N. The summed E-state index contributed by atoms with van der Waals surface area (Å²) >= 11 is 9.28. The van der Waals surface area contributed by atoms with Crippen LogP contribution in [-0.2, 0) is 30.5 Å². The van der Waals surface area contributed by atoms with Crippen LogP contribution in [-0.4, -0.2) is 62.0 Å². The van der Waals surface area contributed by atoms with Crippen molar-refractivity contribution >= 4 is 67.6 Å². The molecule has 0 amide bonds. The molecule has 122 heavy (non-hydrogen) atoms. The number of hydrogen-bond acceptors (Lipinski definition) is 14. The first kappa shape index (κ1) is 97.7. The lowest BCUT2D eigenvalue weighted by Crippen LogP contribution is -2.18. The average molecular weight is 1730 g/mol. The number of sulfone groups is 2. The fourth-order valence-electron chi connectivity index (χ4n) is 12.2. The molecular weight excluding hydrogens is 1620 g/mol. The third-order valence-corrected chi connectivity index (χ3v) is 26.4. The smallest absolute Gasteiger partial charge is 0.206 e. The van der Waals surface area contributed by atoms with Gasteiger partial charge in [0.2, 0.25) is 19.7 Å². The molecule has 10 nitrogen and oxygen atoms in total. The Hall–Kier alpha value is -11.4. The van der Waals surface area contributed by atoms with Crippen LogP contribution in [0.4, 0.5) is 0 Å². The number of rotatable bonds is 16. The number of aromatic hydroxyl groups is 1. The number of hydrogen-bond donors (Lipinski definition) is 2. The van der Waals surface area contributed by atoms with Crippen molar-refractivity contribution < 1.29 is 36.2 Å². The minimum absolute atomic E-state index is 0.0139. The molecule has 0 aliphatic rings. The highest BCUT2D eigenvalue weighted by molar-refractivity contribution is 7.99. The van der Waals surface area contributed by atoms with Gasteiger partial charge in [-0.25, -0.2) is 16.8 Å². The van der Waals surface area contributed by atoms with Gasteiger partial charge in [-0.3, -0.25) is 0 Å². The van der Waals surface area contributed by atoms with Gasteiger partial charge in [0.1, 0.15) is 35.1 Å². The average Bonchev–Trinajstić information content (AvgIpc) is 0.815.